The zero-order chi connectivity index (χ0) is 17.0. The van der Waals surface area contributed by atoms with Gasteiger partial charge in [-0.2, -0.15) is 11.8 Å². The molecule has 0 bridgehead atoms. The van der Waals surface area contributed by atoms with Crippen LogP contribution in [-0.2, 0) is 6.42 Å². The number of thioether (sulfide) groups is 1. The molecular formula is C22H28N2S. The van der Waals surface area contributed by atoms with Gasteiger partial charge in [0.05, 0.1) is 0 Å². The lowest BCUT2D eigenvalue weighted by Crippen LogP contribution is -2.51. The van der Waals surface area contributed by atoms with E-state index >= 15 is 0 Å². The summed E-state index contributed by atoms with van der Waals surface area (Å²) in [5.41, 5.74) is 5.67. The number of hydrogen-bond acceptors (Lipinski definition) is 2. The Labute approximate surface area is 155 Å². The number of fused-ring (bicyclic) bond motifs is 2. The van der Waals surface area contributed by atoms with E-state index in [1.165, 1.54) is 66.7 Å². The fourth-order valence-electron chi connectivity index (χ4n) is 5.39. The van der Waals surface area contributed by atoms with Crippen LogP contribution in [0.4, 0.5) is 0 Å². The number of aromatic amines is 1. The molecule has 1 saturated heterocycles. The monoisotopic (exact) mass is 352 g/mol. The maximum atomic E-state index is 4.06. The number of benzene rings is 1. The topological polar surface area (TPSA) is 19.0 Å². The summed E-state index contributed by atoms with van der Waals surface area (Å²) in [6, 6.07) is 7.57. The van der Waals surface area contributed by atoms with Gasteiger partial charge < -0.3 is 4.98 Å². The van der Waals surface area contributed by atoms with E-state index in [1.54, 1.807) is 5.56 Å². The second-order valence-corrected chi connectivity index (χ2v) is 9.23. The summed E-state index contributed by atoms with van der Waals surface area (Å²) in [6.45, 7) is 6.69. The van der Waals surface area contributed by atoms with Crippen LogP contribution in [0.25, 0.3) is 17.0 Å². The highest BCUT2D eigenvalue weighted by atomic mass is 32.2. The lowest BCUT2D eigenvalue weighted by Gasteiger charge is -2.47. The zero-order valence-electron chi connectivity index (χ0n) is 15.1. The van der Waals surface area contributed by atoms with Gasteiger partial charge in [0.25, 0.3) is 0 Å². The molecule has 132 valence electrons. The van der Waals surface area contributed by atoms with Crippen molar-refractivity contribution in [2.45, 2.75) is 37.6 Å². The summed E-state index contributed by atoms with van der Waals surface area (Å²) >= 11 is 2.02. The number of nitrogens with one attached hydrogen (secondary N) is 1. The standard InChI is InChI=1S/C22H28N2S/c1-3-19-18-10-21-17(16-5-4-6-20(23-19)22(16)18)9-15(13-25-2)12-24(21)11-14-7-8-14/h3-6,14-15,17,21,23H,1,7-13H2,2H3/t15?,17-,21-/m1/s1. The van der Waals surface area contributed by atoms with Crippen LogP contribution in [0.3, 0.4) is 0 Å². The Morgan fingerprint density at radius 2 is 2.20 bits per heavy atom. The van der Waals surface area contributed by atoms with Crippen molar-refractivity contribution in [1.29, 1.82) is 0 Å². The number of piperidine rings is 1. The first kappa shape index (κ1) is 16.0. The van der Waals surface area contributed by atoms with Crippen LogP contribution >= 0.6 is 11.8 Å². The summed E-state index contributed by atoms with van der Waals surface area (Å²) in [5, 5.41) is 1.51. The van der Waals surface area contributed by atoms with Gasteiger partial charge in [0, 0.05) is 41.6 Å². The Hall–Kier alpha value is -1.19. The third-order valence-corrected chi connectivity index (χ3v) is 7.42. The highest BCUT2D eigenvalue weighted by Crippen LogP contribution is 2.47. The highest BCUT2D eigenvalue weighted by molar-refractivity contribution is 7.98. The first-order valence-electron chi connectivity index (χ1n) is 9.77. The fourth-order valence-corrected chi connectivity index (χ4v) is 6.10. The van der Waals surface area contributed by atoms with E-state index in [9.17, 15) is 0 Å². The molecule has 25 heavy (non-hydrogen) atoms. The highest BCUT2D eigenvalue weighted by Gasteiger charge is 2.42. The van der Waals surface area contributed by atoms with Crippen molar-refractivity contribution in [2.24, 2.45) is 11.8 Å². The Balaban J connectivity index is 1.59. The smallest absolute Gasteiger partial charge is 0.0464 e. The number of hydrogen-bond donors (Lipinski definition) is 1. The first-order valence-corrected chi connectivity index (χ1v) is 11.2. The Morgan fingerprint density at radius 3 is 2.96 bits per heavy atom. The first-order chi connectivity index (χ1) is 12.3. The molecule has 1 saturated carbocycles. The molecule has 0 amide bonds. The van der Waals surface area contributed by atoms with Gasteiger partial charge in [0.1, 0.15) is 0 Å². The van der Waals surface area contributed by atoms with Crippen molar-refractivity contribution in [3.05, 3.63) is 41.6 Å². The molecule has 2 nitrogen and oxygen atoms in total. The normalized spacial score (nSPS) is 28.9. The fraction of sp³-hybridized carbons (Fsp3) is 0.545. The van der Waals surface area contributed by atoms with E-state index in [-0.39, 0.29) is 0 Å². The van der Waals surface area contributed by atoms with Crippen molar-refractivity contribution >= 4 is 28.7 Å². The van der Waals surface area contributed by atoms with Crippen LogP contribution in [0, 0.1) is 11.8 Å². The third kappa shape index (κ3) is 2.67. The maximum Gasteiger partial charge on any atom is 0.0464 e. The second-order valence-electron chi connectivity index (χ2n) is 8.32. The summed E-state index contributed by atoms with van der Waals surface area (Å²) < 4.78 is 0. The van der Waals surface area contributed by atoms with Crippen LogP contribution in [0.5, 0.6) is 0 Å². The lowest BCUT2D eigenvalue weighted by atomic mass is 9.72. The molecule has 0 radical (unpaired) electrons. The molecule has 2 aliphatic carbocycles. The number of aromatic nitrogens is 1. The predicted molar refractivity (Wildman–Crippen MR) is 109 cm³/mol. The maximum absolute atomic E-state index is 4.06. The minimum absolute atomic E-state index is 0.686. The quantitative estimate of drug-likeness (QED) is 0.824. The van der Waals surface area contributed by atoms with Crippen LogP contribution in [0.2, 0.25) is 0 Å². The Morgan fingerprint density at radius 1 is 1.32 bits per heavy atom. The van der Waals surface area contributed by atoms with Crippen molar-refractivity contribution in [2.75, 3.05) is 25.1 Å². The number of rotatable bonds is 5. The van der Waals surface area contributed by atoms with Gasteiger partial charge in [-0.1, -0.05) is 18.7 Å². The van der Waals surface area contributed by atoms with Crippen molar-refractivity contribution in [1.82, 2.24) is 9.88 Å². The minimum Gasteiger partial charge on any atom is -0.355 e. The second kappa shape index (κ2) is 6.21. The zero-order valence-corrected chi connectivity index (χ0v) is 15.9. The van der Waals surface area contributed by atoms with Gasteiger partial charge in [0.15, 0.2) is 0 Å². The van der Waals surface area contributed by atoms with Crippen LogP contribution in [0.15, 0.2) is 24.8 Å². The molecular weight excluding hydrogens is 324 g/mol. The predicted octanol–water partition coefficient (Wildman–Crippen LogP) is 4.91. The molecule has 2 fully saturated rings. The molecule has 1 aromatic carbocycles. The van der Waals surface area contributed by atoms with Crippen LogP contribution in [0.1, 0.15) is 42.0 Å². The van der Waals surface area contributed by atoms with Crippen LogP contribution < -0.4 is 0 Å². The molecule has 2 aromatic rings. The number of nitrogens with zero attached hydrogens (tertiary/aromatic N) is 1. The lowest BCUT2D eigenvalue weighted by molar-refractivity contribution is 0.0877. The minimum atomic E-state index is 0.686. The van der Waals surface area contributed by atoms with E-state index in [0.29, 0.717) is 12.0 Å². The SMILES string of the molecule is C=Cc1[nH]c2cccc3c2c1C[C@@H]1[C@@H]3CC(CSC)CN1CC1CC1. The van der Waals surface area contributed by atoms with E-state index in [2.05, 4.69) is 40.9 Å². The Bertz CT molecular complexity index is 804. The van der Waals surface area contributed by atoms with E-state index in [1.807, 2.05) is 17.8 Å². The summed E-state index contributed by atoms with van der Waals surface area (Å²) in [7, 11) is 0. The number of likely N-dealkylation sites (tertiary alicyclic amines) is 1. The molecule has 1 unspecified atom stereocenters. The molecule has 1 N–H and O–H groups in total. The average Bonchev–Trinajstić information content (AvgIpc) is 3.36. The van der Waals surface area contributed by atoms with Gasteiger partial charge in [-0.3, -0.25) is 4.90 Å². The number of H-pyrrole nitrogens is 1. The largest absolute Gasteiger partial charge is 0.355 e. The van der Waals surface area contributed by atoms with Crippen molar-refractivity contribution in [3.63, 3.8) is 0 Å². The van der Waals surface area contributed by atoms with Gasteiger partial charge in [0.2, 0.25) is 0 Å². The molecule has 3 aliphatic rings. The van der Waals surface area contributed by atoms with E-state index in [4.69, 9.17) is 0 Å². The third-order valence-electron chi connectivity index (χ3n) is 6.62. The van der Waals surface area contributed by atoms with Gasteiger partial charge in [-0.15, -0.1) is 0 Å². The summed E-state index contributed by atoms with van der Waals surface area (Å²) in [4.78, 5) is 6.49. The van der Waals surface area contributed by atoms with Gasteiger partial charge >= 0.3 is 0 Å². The molecule has 0 spiro atoms. The average molecular weight is 353 g/mol. The summed E-state index contributed by atoms with van der Waals surface area (Å²) in [6.07, 6.45) is 9.74. The van der Waals surface area contributed by atoms with E-state index in [0.717, 1.165) is 11.8 Å². The Kier molecular flexibility index (Phi) is 3.98. The molecule has 3 atom stereocenters. The molecule has 1 aliphatic heterocycles. The summed E-state index contributed by atoms with van der Waals surface area (Å²) in [5.74, 6) is 3.81. The molecule has 2 heterocycles. The van der Waals surface area contributed by atoms with Crippen molar-refractivity contribution in [3.8, 4) is 0 Å². The molecule has 3 heteroatoms. The van der Waals surface area contributed by atoms with Crippen LogP contribution in [-0.4, -0.2) is 41.0 Å². The van der Waals surface area contributed by atoms with Crippen molar-refractivity contribution < 1.29 is 0 Å². The van der Waals surface area contributed by atoms with Gasteiger partial charge in [-0.05, 0) is 72.8 Å². The molecule has 5 rings (SSSR count). The van der Waals surface area contributed by atoms with Gasteiger partial charge in [-0.25, -0.2) is 0 Å². The van der Waals surface area contributed by atoms with E-state index < -0.39 is 0 Å². The molecule has 1 aromatic heterocycles.